The molecule has 0 bridgehead atoms. The molecule has 0 amide bonds. The van der Waals surface area contributed by atoms with Crippen molar-refractivity contribution < 1.29 is 5.11 Å². The van der Waals surface area contributed by atoms with E-state index in [1.54, 1.807) is 0 Å². The molecular weight excluding hydrogens is 172 g/mol. The third-order valence-corrected chi connectivity index (χ3v) is 3.77. The summed E-state index contributed by atoms with van der Waals surface area (Å²) in [6, 6.07) is 0. The Labute approximate surface area is 88.9 Å². The van der Waals surface area contributed by atoms with Crippen molar-refractivity contribution in [1.82, 2.24) is 0 Å². The van der Waals surface area contributed by atoms with E-state index in [2.05, 4.69) is 6.92 Å². The van der Waals surface area contributed by atoms with E-state index in [9.17, 15) is 5.11 Å². The molecule has 0 spiro atoms. The van der Waals surface area contributed by atoms with Crippen LogP contribution in [0.2, 0.25) is 0 Å². The molecule has 1 heteroatoms. The topological polar surface area (TPSA) is 20.2 Å². The predicted octanol–water partition coefficient (Wildman–Crippen LogP) is 3.90. The summed E-state index contributed by atoms with van der Waals surface area (Å²) in [5, 5.41) is 10.2. The van der Waals surface area contributed by atoms with E-state index in [1.165, 1.54) is 51.4 Å². The summed E-state index contributed by atoms with van der Waals surface area (Å²) in [4.78, 5) is 0. The van der Waals surface area contributed by atoms with Gasteiger partial charge in [0.15, 0.2) is 0 Å². The second-order valence-electron chi connectivity index (χ2n) is 5.15. The lowest BCUT2D eigenvalue weighted by Gasteiger charge is -2.37. The molecule has 0 aromatic heterocycles. The van der Waals surface area contributed by atoms with Crippen molar-refractivity contribution in [2.24, 2.45) is 5.92 Å². The van der Waals surface area contributed by atoms with Crippen molar-refractivity contribution in [1.29, 1.82) is 0 Å². The van der Waals surface area contributed by atoms with Crippen molar-refractivity contribution in [3.63, 3.8) is 0 Å². The lowest BCUT2D eigenvalue weighted by Crippen LogP contribution is -2.37. The minimum Gasteiger partial charge on any atom is -0.390 e. The normalized spacial score (nSPS) is 33.2. The van der Waals surface area contributed by atoms with Gasteiger partial charge in [0.1, 0.15) is 0 Å². The van der Waals surface area contributed by atoms with Gasteiger partial charge < -0.3 is 5.11 Å². The molecule has 84 valence electrons. The first-order valence-corrected chi connectivity index (χ1v) is 6.39. The van der Waals surface area contributed by atoms with Crippen LogP contribution in [0.15, 0.2) is 0 Å². The standard InChI is InChI=1S/C13H26O/c1-3-4-5-6-9-12-10-7-8-11-13(12,2)14/h12,14H,3-11H2,1-2H3. The van der Waals surface area contributed by atoms with Gasteiger partial charge in [0.05, 0.1) is 5.60 Å². The van der Waals surface area contributed by atoms with Crippen molar-refractivity contribution in [3.8, 4) is 0 Å². The van der Waals surface area contributed by atoms with Gasteiger partial charge in [-0.3, -0.25) is 0 Å². The zero-order chi connectivity index (χ0) is 10.4. The molecule has 0 heterocycles. The van der Waals surface area contributed by atoms with Crippen molar-refractivity contribution in [2.45, 2.75) is 77.2 Å². The van der Waals surface area contributed by atoms with Gasteiger partial charge in [-0.25, -0.2) is 0 Å². The van der Waals surface area contributed by atoms with E-state index in [1.807, 2.05) is 6.92 Å². The second-order valence-corrected chi connectivity index (χ2v) is 5.15. The Hall–Kier alpha value is -0.0400. The van der Waals surface area contributed by atoms with Gasteiger partial charge in [0, 0.05) is 0 Å². The van der Waals surface area contributed by atoms with Crippen LogP contribution in [-0.2, 0) is 0 Å². The lowest BCUT2D eigenvalue weighted by molar-refractivity contribution is -0.0357. The van der Waals surface area contributed by atoms with Gasteiger partial charge in [-0.15, -0.1) is 0 Å². The number of hydrogen-bond donors (Lipinski definition) is 1. The fourth-order valence-electron chi connectivity index (χ4n) is 2.66. The quantitative estimate of drug-likeness (QED) is 0.664. The minimum absolute atomic E-state index is 0.357. The summed E-state index contributed by atoms with van der Waals surface area (Å²) in [5.41, 5.74) is -0.357. The summed E-state index contributed by atoms with van der Waals surface area (Å²) in [6.07, 6.45) is 11.4. The molecule has 0 saturated heterocycles. The van der Waals surface area contributed by atoms with Crippen molar-refractivity contribution in [3.05, 3.63) is 0 Å². The maximum atomic E-state index is 10.2. The van der Waals surface area contributed by atoms with E-state index in [0.29, 0.717) is 5.92 Å². The molecule has 1 nitrogen and oxygen atoms in total. The lowest BCUT2D eigenvalue weighted by atomic mass is 9.74. The fourth-order valence-corrected chi connectivity index (χ4v) is 2.66. The molecule has 1 aliphatic carbocycles. The Morgan fingerprint density at radius 1 is 1.21 bits per heavy atom. The molecule has 2 atom stereocenters. The molecule has 1 saturated carbocycles. The van der Waals surface area contributed by atoms with Crippen LogP contribution in [0, 0.1) is 5.92 Å². The summed E-state index contributed by atoms with van der Waals surface area (Å²) in [5.74, 6) is 0.577. The summed E-state index contributed by atoms with van der Waals surface area (Å²) in [6.45, 7) is 4.29. The Kier molecular flexibility index (Phi) is 4.94. The molecule has 2 unspecified atom stereocenters. The molecule has 14 heavy (non-hydrogen) atoms. The van der Waals surface area contributed by atoms with E-state index in [-0.39, 0.29) is 5.60 Å². The van der Waals surface area contributed by atoms with Crippen LogP contribution < -0.4 is 0 Å². The first-order valence-electron chi connectivity index (χ1n) is 6.39. The zero-order valence-corrected chi connectivity index (χ0v) is 9.89. The molecule has 1 fully saturated rings. The highest BCUT2D eigenvalue weighted by atomic mass is 16.3. The molecule has 1 aliphatic rings. The zero-order valence-electron chi connectivity index (χ0n) is 9.89. The summed E-state index contributed by atoms with van der Waals surface area (Å²) >= 11 is 0. The highest BCUT2D eigenvalue weighted by Gasteiger charge is 2.33. The first-order chi connectivity index (χ1) is 6.67. The smallest absolute Gasteiger partial charge is 0.0647 e. The van der Waals surface area contributed by atoms with Crippen LogP contribution >= 0.6 is 0 Å². The third kappa shape index (κ3) is 3.61. The molecule has 0 radical (unpaired) electrons. The molecular formula is C13H26O. The Morgan fingerprint density at radius 2 is 2.00 bits per heavy atom. The maximum absolute atomic E-state index is 10.2. The highest BCUT2D eigenvalue weighted by molar-refractivity contribution is 4.85. The Morgan fingerprint density at radius 3 is 2.64 bits per heavy atom. The van der Waals surface area contributed by atoms with Crippen LogP contribution in [0.25, 0.3) is 0 Å². The van der Waals surface area contributed by atoms with Crippen LogP contribution in [-0.4, -0.2) is 10.7 Å². The average Bonchev–Trinajstić information content (AvgIpc) is 2.14. The maximum Gasteiger partial charge on any atom is 0.0647 e. The highest BCUT2D eigenvalue weighted by Crippen LogP contribution is 2.36. The number of unbranched alkanes of at least 4 members (excludes halogenated alkanes) is 3. The van der Waals surface area contributed by atoms with Gasteiger partial charge in [0.25, 0.3) is 0 Å². The van der Waals surface area contributed by atoms with E-state index in [0.717, 1.165) is 6.42 Å². The van der Waals surface area contributed by atoms with Crippen LogP contribution in [0.4, 0.5) is 0 Å². The van der Waals surface area contributed by atoms with Gasteiger partial charge in [0.2, 0.25) is 0 Å². The van der Waals surface area contributed by atoms with Gasteiger partial charge in [-0.2, -0.15) is 0 Å². The van der Waals surface area contributed by atoms with Crippen LogP contribution in [0.3, 0.4) is 0 Å². The molecule has 1 rings (SSSR count). The molecule has 1 N–H and O–H groups in total. The molecule has 0 aromatic carbocycles. The average molecular weight is 198 g/mol. The number of rotatable bonds is 5. The third-order valence-electron chi connectivity index (χ3n) is 3.77. The number of aliphatic hydroxyl groups is 1. The number of hydrogen-bond acceptors (Lipinski definition) is 1. The predicted molar refractivity (Wildman–Crippen MR) is 61.3 cm³/mol. The second kappa shape index (κ2) is 5.75. The van der Waals surface area contributed by atoms with E-state index < -0.39 is 0 Å². The van der Waals surface area contributed by atoms with E-state index in [4.69, 9.17) is 0 Å². The SMILES string of the molecule is CCCCCCC1CCCCC1(C)O. The molecule has 0 aromatic rings. The van der Waals surface area contributed by atoms with Crippen molar-refractivity contribution >= 4 is 0 Å². The summed E-state index contributed by atoms with van der Waals surface area (Å²) < 4.78 is 0. The minimum atomic E-state index is -0.357. The van der Waals surface area contributed by atoms with Gasteiger partial charge in [-0.05, 0) is 32.1 Å². The monoisotopic (exact) mass is 198 g/mol. The van der Waals surface area contributed by atoms with Crippen LogP contribution in [0.5, 0.6) is 0 Å². The largest absolute Gasteiger partial charge is 0.390 e. The van der Waals surface area contributed by atoms with Crippen molar-refractivity contribution in [2.75, 3.05) is 0 Å². The van der Waals surface area contributed by atoms with E-state index >= 15 is 0 Å². The first kappa shape index (κ1) is 12.0. The van der Waals surface area contributed by atoms with Gasteiger partial charge >= 0.3 is 0 Å². The molecule has 0 aliphatic heterocycles. The fraction of sp³-hybridized carbons (Fsp3) is 1.00. The Bertz CT molecular complexity index is 151. The Balaban J connectivity index is 2.20. The van der Waals surface area contributed by atoms with Crippen LogP contribution in [0.1, 0.15) is 71.6 Å². The van der Waals surface area contributed by atoms with Gasteiger partial charge in [-0.1, -0.05) is 45.4 Å². The summed E-state index contributed by atoms with van der Waals surface area (Å²) in [7, 11) is 0.